The minimum atomic E-state index is -1.46. The van der Waals surface area contributed by atoms with Gasteiger partial charge in [-0.3, -0.25) is 0 Å². The van der Waals surface area contributed by atoms with Crippen LogP contribution in [0.1, 0.15) is 6.42 Å². The fourth-order valence-corrected chi connectivity index (χ4v) is 1.63. The Kier molecular flexibility index (Phi) is 5.71. The molecule has 1 atom stereocenters. The molecule has 0 bridgehead atoms. The first-order valence-electron chi connectivity index (χ1n) is 2.07. The Balaban J connectivity index is 3.17. The number of hydrogen-bond acceptors (Lipinski definition) is 2. The summed E-state index contributed by atoms with van der Waals surface area (Å²) in [5.74, 6) is 0. The molecule has 0 aliphatic rings. The molecule has 0 heterocycles. The molecule has 0 radical (unpaired) electrons. The van der Waals surface area contributed by atoms with E-state index in [2.05, 4.69) is 0 Å². The summed E-state index contributed by atoms with van der Waals surface area (Å²) in [6.45, 7) is 0.568. The molecular weight excluding hydrogens is 241 g/mol. The van der Waals surface area contributed by atoms with Gasteiger partial charge in [0.2, 0.25) is 0 Å². The van der Waals surface area contributed by atoms with Gasteiger partial charge in [-0.15, -0.1) is 0 Å². The van der Waals surface area contributed by atoms with Crippen LogP contribution in [0.15, 0.2) is 0 Å². The summed E-state index contributed by atoms with van der Waals surface area (Å²) in [6, 6.07) is 0. The fraction of sp³-hybridized carbons (Fsp3) is 1.00. The van der Waals surface area contributed by atoms with Crippen molar-refractivity contribution >= 4 is 19.1 Å². The van der Waals surface area contributed by atoms with E-state index in [4.69, 9.17) is 30.5 Å². The Morgan fingerprint density at radius 2 is 2.00 bits per heavy atom. The molecule has 5 heteroatoms. The first kappa shape index (κ1) is 9.16. The van der Waals surface area contributed by atoms with Gasteiger partial charge >= 0.3 is 62.7 Å². The summed E-state index contributed by atoms with van der Waals surface area (Å²) in [4.78, 5) is 0. The number of halogens is 2. The number of hydrogen-bond donors (Lipinski definition) is 2. The zero-order valence-electron chi connectivity index (χ0n) is 4.22. The van der Waals surface area contributed by atoms with Crippen molar-refractivity contribution in [3.8, 4) is 0 Å². The quantitative estimate of drug-likeness (QED) is 0.719. The van der Waals surface area contributed by atoms with E-state index < -0.39 is 14.7 Å². The van der Waals surface area contributed by atoms with E-state index in [0.717, 1.165) is 6.42 Å². The molecule has 0 aromatic carbocycles. The second-order valence-electron chi connectivity index (χ2n) is 1.23. The fourth-order valence-electron chi connectivity index (χ4n) is 0.218. The van der Waals surface area contributed by atoms with Crippen LogP contribution < -0.4 is 11.5 Å². The zero-order chi connectivity index (χ0) is 6.57. The maximum absolute atomic E-state index is 5.51. The summed E-state index contributed by atoms with van der Waals surface area (Å²) >= 11 is -1.46. The summed E-state index contributed by atoms with van der Waals surface area (Å²) in [6.07, 6.45) is 0.730. The summed E-state index contributed by atoms with van der Waals surface area (Å²) < 4.78 is -0.0608. The molecule has 1 unspecified atom stereocenters. The second kappa shape index (κ2) is 4.99. The van der Waals surface area contributed by atoms with Gasteiger partial charge in [0.1, 0.15) is 0 Å². The van der Waals surface area contributed by atoms with Crippen molar-refractivity contribution < 1.29 is 14.7 Å². The van der Waals surface area contributed by atoms with Crippen molar-refractivity contribution in [2.24, 2.45) is 11.5 Å². The van der Waals surface area contributed by atoms with E-state index in [1.165, 1.54) is 0 Å². The van der Waals surface area contributed by atoms with Crippen LogP contribution in [0, 0.1) is 0 Å². The molecule has 0 aliphatic carbocycles. The Morgan fingerprint density at radius 3 is 2.12 bits per heavy atom. The zero-order valence-corrected chi connectivity index (χ0v) is 7.28. The summed E-state index contributed by atoms with van der Waals surface area (Å²) in [5.41, 5.74) is 10.6. The second-order valence-corrected chi connectivity index (χ2v) is 7.06. The number of rotatable bonds is 3. The van der Waals surface area contributed by atoms with Crippen molar-refractivity contribution in [2.75, 3.05) is 6.54 Å². The monoisotopic (exact) mass is 249 g/mol. The van der Waals surface area contributed by atoms with Gasteiger partial charge in [0.15, 0.2) is 0 Å². The Bertz CT molecular complexity index is 61.2. The van der Waals surface area contributed by atoms with Crippen molar-refractivity contribution in [3.05, 3.63) is 0 Å². The molecule has 0 amide bonds. The molecular formula is C3H9Cl2N2Pd. The van der Waals surface area contributed by atoms with Gasteiger partial charge in [-0.1, -0.05) is 0 Å². The van der Waals surface area contributed by atoms with Crippen LogP contribution >= 0.6 is 19.1 Å². The van der Waals surface area contributed by atoms with Crippen LogP contribution in [0.25, 0.3) is 0 Å². The molecule has 0 spiro atoms. The maximum atomic E-state index is 5.51. The molecule has 0 rings (SSSR count). The van der Waals surface area contributed by atoms with Crippen LogP contribution in [0.3, 0.4) is 0 Å². The van der Waals surface area contributed by atoms with Crippen LogP contribution in [-0.4, -0.2) is 11.1 Å². The molecule has 0 fully saturated rings. The molecule has 0 saturated carbocycles. The first-order chi connectivity index (χ1) is 3.68. The van der Waals surface area contributed by atoms with Crippen LogP contribution in [0.4, 0.5) is 0 Å². The van der Waals surface area contributed by atoms with Crippen LogP contribution in [0.2, 0.25) is 0 Å². The minimum absolute atomic E-state index is 0.0608. The van der Waals surface area contributed by atoms with E-state index in [0.29, 0.717) is 6.54 Å². The van der Waals surface area contributed by atoms with Crippen molar-refractivity contribution in [1.82, 2.24) is 0 Å². The van der Waals surface area contributed by atoms with Crippen molar-refractivity contribution in [3.63, 3.8) is 0 Å². The molecule has 8 heavy (non-hydrogen) atoms. The topological polar surface area (TPSA) is 52.0 Å². The molecule has 0 saturated heterocycles. The van der Waals surface area contributed by atoms with Gasteiger partial charge in [0, 0.05) is 0 Å². The van der Waals surface area contributed by atoms with Crippen LogP contribution in [0.5, 0.6) is 0 Å². The van der Waals surface area contributed by atoms with E-state index in [9.17, 15) is 0 Å². The normalized spacial score (nSPS) is 15.8. The summed E-state index contributed by atoms with van der Waals surface area (Å²) in [5, 5.41) is 0. The molecule has 0 aromatic rings. The molecule has 0 aromatic heterocycles. The third-order valence-corrected chi connectivity index (χ3v) is 4.02. The van der Waals surface area contributed by atoms with E-state index >= 15 is 0 Å². The molecule has 0 aliphatic heterocycles. The molecule has 2 nitrogen and oxygen atoms in total. The van der Waals surface area contributed by atoms with E-state index in [-0.39, 0.29) is 4.51 Å². The standard InChI is InChI=1S/C3H9N2.2ClH.Pd/c4-2-1-3-5;;;/h2H,1,3-5H2;2*1H;/q;;;+2/p-2. The first-order valence-corrected chi connectivity index (χ1v) is 6.97. The van der Waals surface area contributed by atoms with E-state index in [1.807, 2.05) is 0 Å². The number of nitrogens with two attached hydrogens (primary N) is 2. The van der Waals surface area contributed by atoms with Crippen molar-refractivity contribution in [2.45, 2.75) is 10.9 Å². The predicted octanol–water partition coefficient (Wildman–Crippen LogP) is 0.546. The van der Waals surface area contributed by atoms with Gasteiger partial charge in [-0.05, 0) is 0 Å². The van der Waals surface area contributed by atoms with Crippen LogP contribution in [-0.2, 0) is 14.7 Å². The third-order valence-electron chi connectivity index (χ3n) is 0.602. The Hall–Kier alpha value is 1.16. The average molecular weight is 250 g/mol. The average Bonchev–Trinajstić information content (AvgIpc) is 1.67. The third kappa shape index (κ3) is 4.08. The van der Waals surface area contributed by atoms with E-state index in [1.54, 1.807) is 0 Å². The van der Waals surface area contributed by atoms with Gasteiger partial charge in [-0.2, -0.15) is 0 Å². The SMILES string of the molecule is NCC[CH](N)[Pd]([Cl])[Cl]. The Morgan fingerprint density at radius 1 is 1.50 bits per heavy atom. The van der Waals surface area contributed by atoms with Gasteiger partial charge in [-0.25, -0.2) is 0 Å². The Labute approximate surface area is 62.7 Å². The van der Waals surface area contributed by atoms with Gasteiger partial charge in [0.25, 0.3) is 0 Å². The van der Waals surface area contributed by atoms with Gasteiger partial charge < -0.3 is 0 Å². The molecule has 55 valence electrons. The molecule has 4 N–H and O–H groups in total. The van der Waals surface area contributed by atoms with Crippen molar-refractivity contribution in [1.29, 1.82) is 0 Å². The summed E-state index contributed by atoms with van der Waals surface area (Å²) in [7, 11) is 11.0. The van der Waals surface area contributed by atoms with Gasteiger partial charge in [0.05, 0.1) is 0 Å². The predicted molar refractivity (Wildman–Crippen MR) is 33.4 cm³/mol.